The number of pyridine rings is 1. The Labute approximate surface area is 109 Å². The number of nitrogens with zero attached hydrogens (tertiary/aromatic N) is 2. The first-order valence-corrected chi connectivity index (χ1v) is 6.80. The van der Waals surface area contributed by atoms with E-state index in [4.69, 9.17) is 0 Å². The monoisotopic (exact) mass is 253 g/mol. The van der Waals surface area contributed by atoms with E-state index < -0.39 is 0 Å². The molecule has 88 valence electrons. The number of nitrogens with one attached hydrogen (secondary N) is 1. The normalized spacial score (nSPS) is 13.6. The molecule has 0 saturated carbocycles. The Hall–Kier alpha value is -1.94. The highest BCUT2D eigenvalue weighted by Gasteiger charge is 2.12. The third-order valence-electron chi connectivity index (χ3n) is 3.23. The molecule has 3 nitrogen and oxygen atoms in total. The summed E-state index contributed by atoms with van der Waals surface area (Å²) in [7, 11) is 0. The van der Waals surface area contributed by atoms with E-state index in [2.05, 4.69) is 33.5 Å². The molecular weight excluding hydrogens is 242 g/mol. The third kappa shape index (κ3) is 1.49. The van der Waals surface area contributed by atoms with E-state index in [-0.39, 0.29) is 0 Å². The topological polar surface area (TPSA) is 37.8 Å². The highest BCUT2D eigenvalue weighted by atomic mass is 32.1. The number of benzene rings is 1. The lowest BCUT2D eigenvalue weighted by Crippen LogP contribution is -1.90. The van der Waals surface area contributed by atoms with Gasteiger partial charge >= 0.3 is 0 Å². The van der Waals surface area contributed by atoms with Gasteiger partial charge in [0.05, 0.1) is 0 Å². The van der Waals surface area contributed by atoms with Crippen molar-refractivity contribution in [2.45, 2.75) is 6.42 Å². The van der Waals surface area contributed by atoms with Crippen molar-refractivity contribution in [1.29, 1.82) is 0 Å². The van der Waals surface area contributed by atoms with Crippen molar-refractivity contribution in [3.63, 3.8) is 0 Å². The molecule has 0 amide bonds. The van der Waals surface area contributed by atoms with Crippen LogP contribution < -0.4 is 5.32 Å². The van der Waals surface area contributed by atoms with E-state index in [1.54, 1.807) is 11.3 Å². The predicted molar refractivity (Wildman–Crippen MR) is 75.0 cm³/mol. The summed E-state index contributed by atoms with van der Waals surface area (Å²) in [6.07, 6.45) is 2.94. The van der Waals surface area contributed by atoms with Gasteiger partial charge in [-0.3, -0.25) is 0 Å². The van der Waals surface area contributed by atoms with E-state index in [1.807, 2.05) is 18.3 Å². The molecule has 0 bridgehead atoms. The van der Waals surface area contributed by atoms with E-state index >= 15 is 0 Å². The number of fused-ring (bicyclic) bond motifs is 2. The maximum absolute atomic E-state index is 4.64. The fourth-order valence-corrected chi connectivity index (χ4v) is 3.22. The number of hydrogen-bond acceptors (Lipinski definition) is 4. The maximum atomic E-state index is 4.64. The van der Waals surface area contributed by atoms with Crippen LogP contribution in [0, 0.1) is 0 Å². The molecule has 0 spiro atoms. The Kier molecular flexibility index (Phi) is 2.11. The highest BCUT2D eigenvalue weighted by Crippen LogP contribution is 2.32. The zero-order valence-electron chi connectivity index (χ0n) is 9.68. The van der Waals surface area contributed by atoms with E-state index in [0.717, 1.165) is 28.3 Å². The molecule has 1 N–H and O–H groups in total. The van der Waals surface area contributed by atoms with Gasteiger partial charge in [0.25, 0.3) is 0 Å². The van der Waals surface area contributed by atoms with Gasteiger partial charge in [-0.05, 0) is 30.2 Å². The van der Waals surface area contributed by atoms with Crippen molar-refractivity contribution in [3.8, 4) is 10.6 Å². The second-order valence-corrected chi connectivity index (χ2v) is 5.37. The number of aromatic nitrogens is 2. The molecule has 2 aromatic heterocycles. The standard InChI is InChI=1S/C14H11N3S/c1-2-11-14(16-6-1)18-13(17-11)10-4-3-9-5-7-15-12(9)8-10/h1-4,6,8,15H,5,7H2. The summed E-state index contributed by atoms with van der Waals surface area (Å²) < 4.78 is 0. The maximum Gasteiger partial charge on any atom is 0.143 e. The van der Waals surface area contributed by atoms with Crippen LogP contribution in [0.5, 0.6) is 0 Å². The van der Waals surface area contributed by atoms with Crippen LogP contribution in [0.3, 0.4) is 0 Å². The molecule has 0 aliphatic carbocycles. The van der Waals surface area contributed by atoms with Crippen LogP contribution in [0.25, 0.3) is 20.9 Å². The number of thiazole rings is 1. The number of rotatable bonds is 1. The van der Waals surface area contributed by atoms with Gasteiger partial charge in [-0.1, -0.05) is 23.5 Å². The molecular formula is C14H11N3S. The summed E-state index contributed by atoms with van der Waals surface area (Å²) in [4.78, 5) is 9.98. The van der Waals surface area contributed by atoms with Crippen LogP contribution in [0.1, 0.15) is 5.56 Å². The summed E-state index contributed by atoms with van der Waals surface area (Å²) >= 11 is 1.65. The van der Waals surface area contributed by atoms with Crippen LogP contribution in [0.4, 0.5) is 5.69 Å². The minimum Gasteiger partial charge on any atom is -0.384 e. The Morgan fingerprint density at radius 1 is 1.22 bits per heavy atom. The number of anilines is 1. The van der Waals surface area contributed by atoms with Crippen molar-refractivity contribution in [3.05, 3.63) is 42.1 Å². The minimum atomic E-state index is 0.978. The SMILES string of the molecule is c1cnc2sc(-c3ccc4c(c3)NCC4)nc2c1. The first-order valence-electron chi connectivity index (χ1n) is 5.99. The van der Waals surface area contributed by atoms with Crippen molar-refractivity contribution in [1.82, 2.24) is 9.97 Å². The van der Waals surface area contributed by atoms with Gasteiger partial charge in [-0.2, -0.15) is 0 Å². The second-order valence-electron chi connectivity index (χ2n) is 4.40. The smallest absolute Gasteiger partial charge is 0.143 e. The first kappa shape index (κ1) is 10.0. The fourth-order valence-electron chi connectivity index (χ4n) is 2.32. The Morgan fingerprint density at radius 3 is 3.17 bits per heavy atom. The first-order chi connectivity index (χ1) is 8.90. The average molecular weight is 253 g/mol. The molecule has 1 aromatic carbocycles. The second kappa shape index (κ2) is 3.78. The Balaban J connectivity index is 1.86. The molecule has 18 heavy (non-hydrogen) atoms. The van der Waals surface area contributed by atoms with E-state index in [9.17, 15) is 0 Å². The molecule has 0 radical (unpaired) electrons. The molecule has 1 aliphatic heterocycles. The molecule has 3 heterocycles. The molecule has 4 heteroatoms. The van der Waals surface area contributed by atoms with Crippen LogP contribution in [-0.4, -0.2) is 16.5 Å². The van der Waals surface area contributed by atoms with Crippen LogP contribution in [0.15, 0.2) is 36.5 Å². The lowest BCUT2D eigenvalue weighted by atomic mass is 10.1. The van der Waals surface area contributed by atoms with Crippen LogP contribution in [0.2, 0.25) is 0 Å². The summed E-state index contributed by atoms with van der Waals surface area (Å²) in [6, 6.07) is 10.5. The van der Waals surface area contributed by atoms with Crippen molar-refractivity contribution in [2.75, 3.05) is 11.9 Å². The van der Waals surface area contributed by atoms with Crippen molar-refractivity contribution < 1.29 is 0 Å². The van der Waals surface area contributed by atoms with E-state index in [1.165, 1.54) is 16.8 Å². The van der Waals surface area contributed by atoms with E-state index in [0.29, 0.717) is 0 Å². The summed E-state index contributed by atoms with van der Waals surface area (Å²) in [6.45, 7) is 1.04. The molecule has 0 atom stereocenters. The Morgan fingerprint density at radius 2 is 2.22 bits per heavy atom. The molecule has 3 aromatic rings. The van der Waals surface area contributed by atoms with Gasteiger partial charge in [0.1, 0.15) is 15.4 Å². The summed E-state index contributed by atoms with van der Waals surface area (Å²) in [5.41, 5.74) is 4.80. The summed E-state index contributed by atoms with van der Waals surface area (Å²) in [5.74, 6) is 0. The van der Waals surface area contributed by atoms with Gasteiger partial charge in [0, 0.05) is 24.0 Å². The molecule has 1 aliphatic rings. The van der Waals surface area contributed by atoms with Gasteiger partial charge in [-0.25, -0.2) is 9.97 Å². The molecule has 0 saturated heterocycles. The van der Waals surface area contributed by atoms with Gasteiger partial charge in [0.15, 0.2) is 0 Å². The predicted octanol–water partition coefficient (Wildman–Crippen LogP) is 3.33. The Bertz CT molecular complexity index is 700. The molecule has 0 fully saturated rings. The zero-order valence-corrected chi connectivity index (χ0v) is 10.5. The van der Waals surface area contributed by atoms with Gasteiger partial charge in [-0.15, -0.1) is 0 Å². The fraction of sp³-hybridized carbons (Fsp3) is 0.143. The average Bonchev–Trinajstić information content (AvgIpc) is 3.04. The lowest BCUT2D eigenvalue weighted by molar-refractivity contribution is 1.11. The highest BCUT2D eigenvalue weighted by molar-refractivity contribution is 7.21. The zero-order chi connectivity index (χ0) is 11.9. The summed E-state index contributed by atoms with van der Waals surface area (Å²) in [5, 5.41) is 4.45. The largest absolute Gasteiger partial charge is 0.384 e. The van der Waals surface area contributed by atoms with Crippen LogP contribution in [-0.2, 0) is 6.42 Å². The quantitative estimate of drug-likeness (QED) is 0.723. The van der Waals surface area contributed by atoms with Gasteiger partial charge in [0.2, 0.25) is 0 Å². The van der Waals surface area contributed by atoms with Crippen molar-refractivity contribution >= 4 is 27.4 Å². The molecule has 4 rings (SSSR count). The molecule has 0 unspecified atom stereocenters. The number of hydrogen-bond donors (Lipinski definition) is 1. The van der Waals surface area contributed by atoms with Crippen molar-refractivity contribution in [2.24, 2.45) is 0 Å². The van der Waals surface area contributed by atoms with Crippen LogP contribution >= 0.6 is 11.3 Å². The lowest BCUT2D eigenvalue weighted by Gasteiger charge is -2.01. The minimum absolute atomic E-state index is 0.978. The van der Waals surface area contributed by atoms with Gasteiger partial charge < -0.3 is 5.32 Å². The third-order valence-corrected chi connectivity index (χ3v) is 4.26.